The summed E-state index contributed by atoms with van der Waals surface area (Å²) in [6, 6.07) is 28.7. The Balaban J connectivity index is 1.22. The molecular formula is C40H51N3O9. The van der Waals surface area contributed by atoms with Gasteiger partial charge in [-0.25, -0.2) is 4.79 Å². The number of fused-ring (bicyclic) bond motifs is 1. The maximum absolute atomic E-state index is 13.4. The zero-order valence-corrected chi connectivity index (χ0v) is 30.2. The van der Waals surface area contributed by atoms with Crippen LogP contribution in [0, 0.1) is 0 Å². The Morgan fingerprint density at radius 1 is 0.731 bits per heavy atom. The molecule has 5 rings (SSSR count). The molecule has 52 heavy (non-hydrogen) atoms. The lowest BCUT2D eigenvalue weighted by atomic mass is 9.94. The van der Waals surface area contributed by atoms with Gasteiger partial charge in [0, 0.05) is 13.1 Å². The van der Waals surface area contributed by atoms with Gasteiger partial charge in [0.05, 0.1) is 32.8 Å². The molecular weight excluding hydrogens is 666 g/mol. The number of carbonyl (C=O) groups excluding carboxylic acids is 3. The van der Waals surface area contributed by atoms with E-state index in [4.69, 9.17) is 28.4 Å². The number of hydrogen-bond donors (Lipinski definition) is 3. The number of carbonyl (C=O) groups is 3. The Bertz CT molecular complexity index is 1540. The van der Waals surface area contributed by atoms with Crippen molar-refractivity contribution < 1.29 is 42.8 Å². The number of alkyl carbamates (subject to hydrolysis) is 1. The third kappa shape index (κ3) is 12.4. The van der Waals surface area contributed by atoms with Crippen molar-refractivity contribution in [3.8, 4) is 0 Å². The molecule has 12 heteroatoms. The van der Waals surface area contributed by atoms with E-state index in [1.807, 2.05) is 91.0 Å². The SMILES string of the molecule is CC(C)(C)OC(=O)NCCCCNC(=O)C[C@@H]1OC2O[C@H](COCc3ccccc3)[C@H](OCc3ccccc3)[C@H](OCc3ccccc3)[C@H]2NC1=O. The molecule has 0 aromatic heterocycles. The highest BCUT2D eigenvalue weighted by Gasteiger charge is 2.52. The van der Waals surface area contributed by atoms with Crippen LogP contribution in [0.4, 0.5) is 4.79 Å². The molecule has 1 unspecified atom stereocenters. The molecule has 0 radical (unpaired) electrons. The lowest BCUT2D eigenvalue weighted by Crippen LogP contribution is -2.70. The van der Waals surface area contributed by atoms with Crippen molar-refractivity contribution in [2.24, 2.45) is 0 Å². The van der Waals surface area contributed by atoms with Gasteiger partial charge in [-0.2, -0.15) is 0 Å². The molecule has 0 bridgehead atoms. The van der Waals surface area contributed by atoms with Crippen molar-refractivity contribution in [1.29, 1.82) is 0 Å². The van der Waals surface area contributed by atoms with Crippen molar-refractivity contribution in [2.45, 2.75) is 102 Å². The van der Waals surface area contributed by atoms with Crippen LogP contribution in [0.2, 0.25) is 0 Å². The smallest absolute Gasteiger partial charge is 0.407 e. The van der Waals surface area contributed by atoms with Crippen LogP contribution >= 0.6 is 0 Å². The van der Waals surface area contributed by atoms with Crippen molar-refractivity contribution >= 4 is 17.9 Å². The Morgan fingerprint density at radius 2 is 1.27 bits per heavy atom. The molecule has 2 saturated heterocycles. The molecule has 2 fully saturated rings. The summed E-state index contributed by atoms with van der Waals surface area (Å²) in [5.41, 5.74) is 2.38. The van der Waals surface area contributed by atoms with E-state index in [1.165, 1.54) is 0 Å². The number of amides is 3. The lowest BCUT2D eigenvalue weighted by molar-refractivity contribution is -0.306. The third-order valence-electron chi connectivity index (χ3n) is 8.48. The summed E-state index contributed by atoms with van der Waals surface area (Å²) in [5, 5.41) is 8.58. The predicted octanol–water partition coefficient (Wildman–Crippen LogP) is 4.79. The van der Waals surface area contributed by atoms with Crippen molar-refractivity contribution in [3.05, 3.63) is 108 Å². The fraction of sp³-hybridized carbons (Fsp3) is 0.475. The van der Waals surface area contributed by atoms with E-state index in [2.05, 4.69) is 16.0 Å². The molecule has 0 saturated carbocycles. The van der Waals surface area contributed by atoms with Crippen LogP contribution in [0.5, 0.6) is 0 Å². The summed E-state index contributed by atoms with van der Waals surface area (Å²) in [6.07, 6.45) is -3.30. The first-order chi connectivity index (χ1) is 25.1. The fourth-order valence-electron chi connectivity index (χ4n) is 5.95. The summed E-state index contributed by atoms with van der Waals surface area (Å²) in [5.74, 6) is -0.770. The van der Waals surface area contributed by atoms with Gasteiger partial charge in [-0.1, -0.05) is 91.0 Å². The van der Waals surface area contributed by atoms with Crippen molar-refractivity contribution in [1.82, 2.24) is 16.0 Å². The maximum Gasteiger partial charge on any atom is 0.407 e. The average Bonchev–Trinajstić information content (AvgIpc) is 3.12. The Labute approximate surface area is 305 Å². The first kappa shape index (κ1) is 38.9. The molecule has 0 aliphatic carbocycles. The summed E-state index contributed by atoms with van der Waals surface area (Å²) >= 11 is 0. The van der Waals surface area contributed by atoms with E-state index in [0.717, 1.165) is 16.7 Å². The van der Waals surface area contributed by atoms with Crippen molar-refractivity contribution in [2.75, 3.05) is 19.7 Å². The molecule has 3 aromatic rings. The number of ether oxygens (including phenoxy) is 6. The van der Waals surface area contributed by atoms with Gasteiger partial charge in [0.15, 0.2) is 6.29 Å². The second kappa shape index (κ2) is 19.5. The average molecular weight is 718 g/mol. The normalized spacial score (nSPS) is 22.9. The molecule has 2 aliphatic heterocycles. The van der Waals surface area contributed by atoms with Gasteiger partial charge in [-0.05, 0) is 50.3 Å². The molecule has 12 nitrogen and oxygen atoms in total. The van der Waals surface area contributed by atoms with Crippen LogP contribution in [0.3, 0.4) is 0 Å². The quantitative estimate of drug-likeness (QED) is 0.168. The molecule has 3 amide bonds. The molecule has 3 aromatic carbocycles. The van der Waals surface area contributed by atoms with E-state index in [1.54, 1.807) is 20.8 Å². The summed E-state index contributed by atoms with van der Waals surface area (Å²) in [7, 11) is 0. The Morgan fingerprint density at radius 3 is 1.85 bits per heavy atom. The molecule has 2 aliphatic rings. The van der Waals surface area contributed by atoms with Gasteiger partial charge in [0.1, 0.15) is 36.1 Å². The van der Waals surface area contributed by atoms with Crippen LogP contribution in [-0.2, 0) is 57.8 Å². The number of benzene rings is 3. The number of unbranched alkanes of at least 4 members (excludes halogenated alkanes) is 1. The largest absolute Gasteiger partial charge is 0.444 e. The third-order valence-corrected chi connectivity index (χ3v) is 8.48. The van der Waals surface area contributed by atoms with E-state index in [9.17, 15) is 14.4 Å². The number of nitrogens with one attached hydrogen (secondary N) is 3. The highest BCUT2D eigenvalue weighted by molar-refractivity contribution is 5.88. The molecule has 3 N–H and O–H groups in total. The van der Waals surface area contributed by atoms with E-state index in [0.29, 0.717) is 39.1 Å². The maximum atomic E-state index is 13.4. The zero-order valence-electron chi connectivity index (χ0n) is 30.2. The van der Waals surface area contributed by atoms with Crippen LogP contribution in [-0.4, -0.2) is 80.0 Å². The van der Waals surface area contributed by atoms with Crippen LogP contribution in [0.25, 0.3) is 0 Å². The lowest BCUT2D eigenvalue weighted by Gasteiger charge is -2.49. The Kier molecular flexibility index (Phi) is 14.6. The Hall–Kier alpha value is -4.33. The highest BCUT2D eigenvalue weighted by Crippen LogP contribution is 2.32. The van der Waals surface area contributed by atoms with Crippen molar-refractivity contribution in [3.63, 3.8) is 0 Å². The monoisotopic (exact) mass is 717 g/mol. The summed E-state index contributed by atoms with van der Waals surface area (Å²) in [4.78, 5) is 38.1. The second-order valence-corrected chi connectivity index (χ2v) is 13.9. The first-order valence-corrected chi connectivity index (χ1v) is 17.9. The molecule has 6 atom stereocenters. The first-order valence-electron chi connectivity index (χ1n) is 17.9. The van der Waals surface area contributed by atoms with Crippen LogP contribution in [0.1, 0.15) is 56.7 Å². The topological polar surface area (TPSA) is 143 Å². The minimum absolute atomic E-state index is 0.175. The van der Waals surface area contributed by atoms with Crippen LogP contribution in [0.15, 0.2) is 91.0 Å². The predicted molar refractivity (Wildman–Crippen MR) is 193 cm³/mol. The molecule has 0 spiro atoms. The number of hydrogen-bond acceptors (Lipinski definition) is 9. The van der Waals surface area contributed by atoms with Gasteiger partial charge < -0.3 is 44.4 Å². The summed E-state index contributed by atoms with van der Waals surface area (Å²) in [6.45, 7) is 7.30. The minimum Gasteiger partial charge on any atom is -0.444 e. The van der Waals surface area contributed by atoms with E-state index >= 15 is 0 Å². The van der Waals surface area contributed by atoms with Gasteiger partial charge in [-0.15, -0.1) is 0 Å². The van der Waals surface area contributed by atoms with Gasteiger partial charge >= 0.3 is 6.09 Å². The zero-order chi connectivity index (χ0) is 36.8. The minimum atomic E-state index is -1.07. The molecule has 2 heterocycles. The van der Waals surface area contributed by atoms with E-state index < -0.39 is 54.3 Å². The highest BCUT2D eigenvalue weighted by atomic mass is 16.7. The number of rotatable bonds is 17. The fourth-order valence-corrected chi connectivity index (χ4v) is 5.95. The number of morpholine rings is 1. The standard InChI is InChI=1S/C40H51N3O9/c1-40(2,3)52-39(46)42-22-14-13-21-41-33(44)23-31-37(45)43-34-36(49-26-30-19-11-6-12-20-30)35(48-25-29-17-9-5-10-18-29)32(51-38(34)50-31)27-47-24-28-15-7-4-8-16-28/h4-12,15-20,31-32,34-36,38H,13-14,21-27H2,1-3H3,(H,41,44)(H,42,46)(H,43,45)/t31-,32+,34+,35-,36+,38?/m0/s1. The van der Waals surface area contributed by atoms with Gasteiger partial charge in [0.25, 0.3) is 0 Å². The second-order valence-electron chi connectivity index (χ2n) is 13.9. The van der Waals surface area contributed by atoms with E-state index in [-0.39, 0.29) is 25.5 Å². The summed E-state index contributed by atoms with van der Waals surface area (Å²) < 4.78 is 37.2. The van der Waals surface area contributed by atoms with Gasteiger partial charge in [0.2, 0.25) is 11.8 Å². The van der Waals surface area contributed by atoms with Gasteiger partial charge in [-0.3, -0.25) is 9.59 Å². The molecule has 280 valence electrons. The van der Waals surface area contributed by atoms with Crippen LogP contribution < -0.4 is 16.0 Å².